The van der Waals surface area contributed by atoms with E-state index in [-0.39, 0.29) is 6.04 Å². The molecule has 0 aliphatic rings. The summed E-state index contributed by atoms with van der Waals surface area (Å²) in [5.41, 5.74) is 1.82. The van der Waals surface area contributed by atoms with Crippen molar-refractivity contribution in [2.75, 3.05) is 21.3 Å². The molecule has 0 aliphatic heterocycles. The highest BCUT2D eigenvalue weighted by molar-refractivity contribution is 9.11. The van der Waals surface area contributed by atoms with Crippen LogP contribution < -0.4 is 19.0 Å². The summed E-state index contributed by atoms with van der Waals surface area (Å²) in [7, 11) is 4.77. The molecule has 0 spiro atoms. The molecule has 2 heterocycles. The predicted molar refractivity (Wildman–Crippen MR) is 123 cm³/mol. The van der Waals surface area contributed by atoms with Gasteiger partial charge in [-0.15, -0.1) is 22.7 Å². The third-order valence-corrected chi connectivity index (χ3v) is 6.37. The highest BCUT2D eigenvalue weighted by Gasteiger charge is 2.13. The lowest BCUT2D eigenvalue weighted by Gasteiger charge is -2.12. The topological polar surface area (TPSA) is 57.3 Å². The zero-order valence-electron chi connectivity index (χ0n) is 16.8. The highest BCUT2D eigenvalue weighted by Crippen LogP contribution is 2.38. The van der Waals surface area contributed by atoms with Crippen LogP contribution in [-0.4, -0.2) is 38.3 Å². The van der Waals surface area contributed by atoms with Gasteiger partial charge in [0, 0.05) is 17.0 Å². The number of nitrogens with zero attached hydrogens (tertiary/aromatic N) is 3. The molecule has 0 saturated carbocycles. The van der Waals surface area contributed by atoms with Gasteiger partial charge in [0.15, 0.2) is 11.5 Å². The molecule has 0 N–H and O–H groups in total. The van der Waals surface area contributed by atoms with Crippen LogP contribution in [0.5, 0.6) is 17.2 Å². The van der Waals surface area contributed by atoms with Crippen molar-refractivity contribution in [3.63, 3.8) is 0 Å². The lowest BCUT2D eigenvalue weighted by Crippen LogP contribution is -2.14. The van der Waals surface area contributed by atoms with Gasteiger partial charge in [-0.25, -0.2) is 4.68 Å². The third kappa shape index (κ3) is 4.91. The van der Waals surface area contributed by atoms with Crippen molar-refractivity contribution in [2.45, 2.75) is 19.9 Å². The molecule has 0 atom stereocenters. The number of ether oxygens (including phenoxy) is 3. The molecule has 6 nitrogen and oxygen atoms in total. The van der Waals surface area contributed by atoms with Gasteiger partial charge >= 0.3 is 0 Å². The Morgan fingerprint density at radius 2 is 1.76 bits per heavy atom. The molecule has 0 unspecified atom stereocenters. The summed E-state index contributed by atoms with van der Waals surface area (Å²) in [6, 6.07) is 7.99. The number of thiophene rings is 1. The lowest BCUT2D eigenvalue weighted by molar-refractivity contribution is 0.324. The van der Waals surface area contributed by atoms with Crippen molar-refractivity contribution in [1.82, 2.24) is 4.68 Å². The van der Waals surface area contributed by atoms with Crippen LogP contribution in [0.25, 0.3) is 10.6 Å². The maximum atomic E-state index is 5.44. The molecule has 0 radical (unpaired) electrons. The van der Waals surface area contributed by atoms with Crippen LogP contribution in [-0.2, 0) is 0 Å². The van der Waals surface area contributed by atoms with Gasteiger partial charge in [0.05, 0.1) is 41.9 Å². The summed E-state index contributed by atoms with van der Waals surface area (Å²) < 4.78 is 19.2. The van der Waals surface area contributed by atoms with Gasteiger partial charge in [-0.2, -0.15) is 5.10 Å². The summed E-state index contributed by atoms with van der Waals surface area (Å²) in [4.78, 5) is 6.66. The number of hydrogen-bond donors (Lipinski definition) is 0. The van der Waals surface area contributed by atoms with E-state index >= 15 is 0 Å². The first-order valence-corrected chi connectivity index (χ1v) is 11.3. The largest absolute Gasteiger partial charge is 0.493 e. The minimum atomic E-state index is 0.166. The van der Waals surface area contributed by atoms with Crippen molar-refractivity contribution >= 4 is 44.8 Å². The van der Waals surface area contributed by atoms with Crippen molar-refractivity contribution in [3.05, 3.63) is 43.8 Å². The molecular weight excluding hydrogens is 474 g/mol. The van der Waals surface area contributed by atoms with Crippen LogP contribution in [0, 0.1) is 0 Å². The Labute approximate surface area is 186 Å². The molecule has 0 aliphatic carbocycles. The number of hydrogen-bond acceptors (Lipinski definition) is 7. The second kappa shape index (κ2) is 9.60. The molecule has 0 fully saturated rings. The van der Waals surface area contributed by atoms with Crippen LogP contribution in [0.2, 0.25) is 0 Å². The normalized spacial score (nSPS) is 12.2. The Morgan fingerprint density at radius 3 is 2.28 bits per heavy atom. The second-order valence-electron chi connectivity index (χ2n) is 6.25. The molecule has 2 aromatic heterocycles. The maximum Gasteiger partial charge on any atom is 0.206 e. The Kier molecular flexibility index (Phi) is 7.15. The standard InChI is InChI=1S/C20H22BrN3O3S2/c1-12(2)23-20-24(14(11-28-20)17-6-7-18(21)29-17)22-10-13-8-15(25-3)19(27-5)16(9-13)26-4/h6-12H,1-5H3/b22-10-,23-20?. The first-order chi connectivity index (χ1) is 14.0. The molecule has 3 rings (SSSR count). The summed E-state index contributed by atoms with van der Waals surface area (Å²) in [6.07, 6.45) is 1.77. The SMILES string of the molecule is COc1cc(/C=N\n2c(-c3ccc(Br)s3)csc2=NC(C)C)cc(OC)c1OC. The lowest BCUT2D eigenvalue weighted by atomic mass is 10.2. The monoisotopic (exact) mass is 495 g/mol. The zero-order valence-corrected chi connectivity index (χ0v) is 20.0. The Hall–Kier alpha value is -2.10. The van der Waals surface area contributed by atoms with E-state index in [2.05, 4.69) is 27.4 Å². The smallest absolute Gasteiger partial charge is 0.206 e. The van der Waals surface area contributed by atoms with Gasteiger partial charge in [0.2, 0.25) is 10.6 Å². The predicted octanol–water partition coefficient (Wildman–Crippen LogP) is 5.26. The van der Waals surface area contributed by atoms with Gasteiger partial charge in [-0.3, -0.25) is 4.99 Å². The summed E-state index contributed by atoms with van der Waals surface area (Å²) in [5.74, 6) is 1.71. The number of methoxy groups -OCH3 is 3. The van der Waals surface area contributed by atoms with E-state index < -0.39 is 0 Å². The van der Waals surface area contributed by atoms with E-state index in [1.54, 1.807) is 50.2 Å². The van der Waals surface area contributed by atoms with Gasteiger partial charge < -0.3 is 14.2 Å². The summed E-state index contributed by atoms with van der Waals surface area (Å²) in [6.45, 7) is 4.10. The summed E-state index contributed by atoms with van der Waals surface area (Å²) in [5, 5.41) is 6.80. The van der Waals surface area contributed by atoms with Crippen molar-refractivity contribution in [1.29, 1.82) is 0 Å². The average Bonchev–Trinajstić information content (AvgIpc) is 3.30. The van der Waals surface area contributed by atoms with E-state index in [1.807, 2.05) is 36.7 Å². The Bertz CT molecular complexity index is 1060. The number of thiazole rings is 1. The quantitative estimate of drug-likeness (QED) is 0.420. The fourth-order valence-electron chi connectivity index (χ4n) is 2.64. The third-order valence-electron chi connectivity index (χ3n) is 3.89. The molecule has 3 aromatic rings. The van der Waals surface area contributed by atoms with Crippen LogP contribution >= 0.6 is 38.6 Å². The minimum Gasteiger partial charge on any atom is -0.493 e. The molecule has 154 valence electrons. The fraction of sp³-hybridized carbons (Fsp3) is 0.300. The molecule has 9 heteroatoms. The van der Waals surface area contributed by atoms with E-state index in [1.165, 1.54) is 0 Å². The first-order valence-electron chi connectivity index (χ1n) is 8.81. The molecule has 1 aromatic carbocycles. The second-order valence-corrected chi connectivity index (χ2v) is 9.54. The minimum absolute atomic E-state index is 0.166. The van der Waals surface area contributed by atoms with Crippen molar-refractivity contribution in [3.8, 4) is 27.8 Å². The van der Waals surface area contributed by atoms with E-state index in [0.29, 0.717) is 17.2 Å². The first kappa shape index (κ1) is 21.6. The number of benzene rings is 1. The van der Waals surface area contributed by atoms with Gasteiger partial charge in [0.1, 0.15) is 0 Å². The Morgan fingerprint density at radius 1 is 1.07 bits per heavy atom. The van der Waals surface area contributed by atoms with E-state index in [9.17, 15) is 0 Å². The zero-order chi connectivity index (χ0) is 21.0. The molecule has 0 amide bonds. The number of aromatic nitrogens is 1. The van der Waals surface area contributed by atoms with E-state index in [0.717, 1.165) is 24.7 Å². The average molecular weight is 496 g/mol. The van der Waals surface area contributed by atoms with Gasteiger partial charge in [0.25, 0.3) is 0 Å². The van der Waals surface area contributed by atoms with Crippen LogP contribution in [0.15, 0.2) is 43.5 Å². The number of halogens is 1. The Balaban J connectivity index is 2.10. The van der Waals surface area contributed by atoms with Crippen molar-refractivity contribution < 1.29 is 14.2 Å². The van der Waals surface area contributed by atoms with Gasteiger partial charge in [-0.1, -0.05) is 0 Å². The van der Waals surface area contributed by atoms with Crippen LogP contribution in [0.4, 0.5) is 0 Å². The molecule has 0 saturated heterocycles. The number of rotatable bonds is 7. The molecule has 29 heavy (non-hydrogen) atoms. The fourth-order valence-corrected chi connectivity index (χ4v) is 5.07. The summed E-state index contributed by atoms with van der Waals surface area (Å²) >= 11 is 6.76. The molecule has 0 bridgehead atoms. The van der Waals surface area contributed by atoms with Gasteiger partial charge in [-0.05, 0) is 54.0 Å². The van der Waals surface area contributed by atoms with Crippen molar-refractivity contribution in [2.24, 2.45) is 10.1 Å². The van der Waals surface area contributed by atoms with Crippen LogP contribution in [0.3, 0.4) is 0 Å². The highest BCUT2D eigenvalue weighted by atomic mass is 79.9. The molecular formula is C20H22BrN3O3S2. The van der Waals surface area contributed by atoms with Crippen LogP contribution in [0.1, 0.15) is 19.4 Å². The maximum absolute atomic E-state index is 5.44. The van der Waals surface area contributed by atoms with E-state index in [4.69, 9.17) is 24.3 Å².